The van der Waals surface area contributed by atoms with Crippen molar-refractivity contribution in [3.8, 4) is 0 Å². The standard InChI is InChI=1S/C21H26N4O/c1-22-21(25-14-12-17-8-4-5-10-19(17)25)23-13-11-16-7-6-9-18(15-16)20(26)24(2)3/h4-10,15H,11-14H2,1-3H3,(H,22,23). The highest BCUT2D eigenvalue weighted by Gasteiger charge is 2.22. The molecular formula is C21H26N4O. The smallest absolute Gasteiger partial charge is 0.253 e. The van der Waals surface area contributed by atoms with Crippen molar-refractivity contribution in [2.75, 3.05) is 39.1 Å². The number of anilines is 1. The van der Waals surface area contributed by atoms with Gasteiger partial charge in [0.05, 0.1) is 0 Å². The second kappa shape index (κ2) is 8.04. The van der Waals surface area contributed by atoms with E-state index in [1.54, 1.807) is 19.0 Å². The Hall–Kier alpha value is -2.82. The van der Waals surface area contributed by atoms with Crippen molar-refractivity contribution in [2.24, 2.45) is 4.99 Å². The summed E-state index contributed by atoms with van der Waals surface area (Å²) in [4.78, 5) is 20.4. The summed E-state index contributed by atoms with van der Waals surface area (Å²) in [6.07, 6.45) is 1.88. The maximum atomic E-state index is 12.1. The van der Waals surface area contributed by atoms with E-state index in [9.17, 15) is 4.79 Å². The van der Waals surface area contributed by atoms with Crippen LogP contribution in [0.2, 0.25) is 0 Å². The number of nitrogens with one attached hydrogen (secondary N) is 1. The molecule has 2 aromatic rings. The minimum absolute atomic E-state index is 0.0318. The molecule has 5 heteroatoms. The Kier molecular flexibility index (Phi) is 5.56. The van der Waals surface area contributed by atoms with Gasteiger partial charge in [0.25, 0.3) is 5.91 Å². The van der Waals surface area contributed by atoms with E-state index >= 15 is 0 Å². The molecule has 136 valence electrons. The van der Waals surface area contributed by atoms with Crippen LogP contribution in [0.5, 0.6) is 0 Å². The van der Waals surface area contributed by atoms with Crippen LogP contribution in [0.1, 0.15) is 21.5 Å². The monoisotopic (exact) mass is 350 g/mol. The maximum absolute atomic E-state index is 12.1. The topological polar surface area (TPSA) is 47.9 Å². The van der Waals surface area contributed by atoms with Crippen LogP contribution in [0.15, 0.2) is 53.5 Å². The number of hydrogen-bond acceptors (Lipinski definition) is 2. The molecule has 1 amide bonds. The Balaban J connectivity index is 1.61. The minimum atomic E-state index is 0.0318. The lowest BCUT2D eigenvalue weighted by molar-refractivity contribution is 0.0827. The largest absolute Gasteiger partial charge is 0.356 e. The van der Waals surface area contributed by atoms with E-state index in [1.165, 1.54) is 11.3 Å². The molecule has 0 unspecified atom stereocenters. The Morgan fingerprint density at radius 1 is 1.19 bits per heavy atom. The van der Waals surface area contributed by atoms with E-state index < -0.39 is 0 Å². The average Bonchev–Trinajstić information content (AvgIpc) is 3.09. The number of guanidine groups is 1. The molecule has 0 spiro atoms. The van der Waals surface area contributed by atoms with Crippen molar-refractivity contribution < 1.29 is 4.79 Å². The van der Waals surface area contributed by atoms with Crippen LogP contribution < -0.4 is 10.2 Å². The molecule has 26 heavy (non-hydrogen) atoms. The third-order valence-corrected chi connectivity index (χ3v) is 4.63. The van der Waals surface area contributed by atoms with Crippen LogP contribution in [-0.2, 0) is 12.8 Å². The van der Waals surface area contributed by atoms with Gasteiger partial charge in [0.2, 0.25) is 0 Å². The molecule has 0 saturated carbocycles. The van der Waals surface area contributed by atoms with Gasteiger partial charge >= 0.3 is 0 Å². The van der Waals surface area contributed by atoms with Crippen molar-refractivity contribution in [1.29, 1.82) is 0 Å². The summed E-state index contributed by atoms with van der Waals surface area (Å²) < 4.78 is 0. The van der Waals surface area contributed by atoms with Crippen LogP contribution in [0.4, 0.5) is 5.69 Å². The molecule has 0 aromatic heterocycles. The SMILES string of the molecule is CN=C(NCCc1cccc(C(=O)N(C)C)c1)N1CCc2ccccc21. The van der Waals surface area contributed by atoms with Crippen LogP contribution >= 0.6 is 0 Å². The summed E-state index contributed by atoms with van der Waals surface area (Å²) in [5.74, 6) is 0.930. The average molecular weight is 350 g/mol. The van der Waals surface area contributed by atoms with E-state index in [1.807, 2.05) is 25.2 Å². The molecule has 0 bridgehead atoms. The summed E-state index contributed by atoms with van der Waals surface area (Å²) in [6.45, 7) is 1.72. The van der Waals surface area contributed by atoms with Crippen molar-refractivity contribution in [2.45, 2.75) is 12.8 Å². The first-order chi connectivity index (χ1) is 12.6. The molecule has 1 aliphatic rings. The third kappa shape index (κ3) is 3.87. The number of para-hydroxylation sites is 1. The van der Waals surface area contributed by atoms with E-state index in [0.29, 0.717) is 0 Å². The number of carbonyl (C=O) groups is 1. The molecule has 5 nitrogen and oxygen atoms in total. The molecule has 0 saturated heterocycles. The van der Waals surface area contributed by atoms with E-state index in [0.717, 1.165) is 43.0 Å². The first-order valence-corrected chi connectivity index (χ1v) is 8.97. The van der Waals surface area contributed by atoms with Gasteiger partial charge in [-0.3, -0.25) is 9.79 Å². The zero-order valence-corrected chi connectivity index (χ0v) is 15.7. The van der Waals surface area contributed by atoms with Crippen LogP contribution in [0.3, 0.4) is 0 Å². The number of benzene rings is 2. The Morgan fingerprint density at radius 3 is 2.77 bits per heavy atom. The van der Waals surface area contributed by atoms with Gasteiger partial charge in [0.1, 0.15) is 0 Å². The quantitative estimate of drug-likeness (QED) is 0.681. The second-order valence-electron chi connectivity index (χ2n) is 6.65. The molecule has 0 aliphatic carbocycles. The maximum Gasteiger partial charge on any atom is 0.253 e. The number of aliphatic imine (C=N–C) groups is 1. The predicted molar refractivity (Wildman–Crippen MR) is 107 cm³/mol. The fraction of sp³-hybridized carbons (Fsp3) is 0.333. The second-order valence-corrected chi connectivity index (χ2v) is 6.65. The van der Waals surface area contributed by atoms with Gasteiger partial charge in [0, 0.05) is 45.5 Å². The number of hydrogen-bond donors (Lipinski definition) is 1. The molecule has 2 aromatic carbocycles. The van der Waals surface area contributed by atoms with Crippen molar-refractivity contribution in [3.05, 3.63) is 65.2 Å². The number of fused-ring (bicyclic) bond motifs is 1. The summed E-state index contributed by atoms with van der Waals surface area (Å²) in [7, 11) is 5.36. The van der Waals surface area contributed by atoms with Crippen molar-refractivity contribution >= 4 is 17.6 Å². The van der Waals surface area contributed by atoms with Gasteiger partial charge < -0.3 is 15.1 Å². The van der Waals surface area contributed by atoms with E-state index in [4.69, 9.17) is 0 Å². The normalized spacial score (nSPS) is 13.5. The summed E-state index contributed by atoms with van der Waals surface area (Å²) in [5, 5.41) is 3.45. The van der Waals surface area contributed by atoms with Crippen LogP contribution in [0.25, 0.3) is 0 Å². The first kappa shape index (κ1) is 18.0. The number of nitrogens with zero attached hydrogens (tertiary/aromatic N) is 3. The highest BCUT2D eigenvalue weighted by atomic mass is 16.2. The minimum Gasteiger partial charge on any atom is -0.356 e. The molecule has 0 atom stereocenters. The molecule has 1 N–H and O–H groups in total. The predicted octanol–water partition coefficient (Wildman–Crippen LogP) is 2.57. The van der Waals surface area contributed by atoms with Crippen molar-refractivity contribution in [3.63, 3.8) is 0 Å². The highest BCUT2D eigenvalue weighted by Crippen LogP contribution is 2.27. The number of rotatable bonds is 4. The van der Waals surface area contributed by atoms with Gasteiger partial charge in [-0.15, -0.1) is 0 Å². The Bertz CT molecular complexity index is 813. The number of carbonyl (C=O) groups excluding carboxylic acids is 1. The van der Waals surface area contributed by atoms with Gasteiger partial charge in [-0.05, 0) is 42.2 Å². The third-order valence-electron chi connectivity index (χ3n) is 4.63. The molecule has 1 heterocycles. The summed E-state index contributed by atoms with van der Waals surface area (Å²) >= 11 is 0. The van der Waals surface area contributed by atoms with E-state index in [-0.39, 0.29) is 5.91 Å². The zero-order chi connectivity index (χ0) is 18.5. The van der Waals surface area contributed by atoms with Gasteiger partial charge in [0.15, 0.2) is 5.96 Å². The van der Waals surface area contributed by atoms with Crippen LogP contribution in [-0.4, -0.2) is 51.0 Å². The molecular weight excluding hydrogens is 324 g/mol. The summed E-state index contributed by atoms with van der Waals surface area (Å²) in [5.41, 5.74) is 4.47. The van der Waals surface area contributed by atoms with Gasteiger partial charge in [-0.25, -0.2) is 0 Å². The first-order valence-electron chi connectivity index (χ1n) is 8.97. The fourth-order valence-corrected chi connectivity index (χ4v) is 3.29. The lowest BCUT2D eigenvalue weighted by Crippen LogP contribution is -2.41. The molecule has 0 fully saturated rings. The molecule has 1 aliphatic heterocycles. The van der Waals surface area contributed by atoms with Crippen LogP contribution in [0, 0.1) is 0 Å². The molecule has 0 radical (unpaired) electrons. The highest BCUT2D eigenvalue weighted by molar-refractivity contribution is 5.98. The van der Waals surface area contributed by atoms with E-state index in [2.05, 4.69) is 45.5 Å². The number of amides is 1. The lowest BCUT2D eigenvalue weighted by atomic mass is 10.1. The Morgan fingerprint density at radius 2 is 2.00 bits per heavy atom. The zero-order valence-electron chi connectivity index (χ0n) is 15.7. The van der Waals surface area contributed by atoms with Gasteiger partial charge in [-0.1, -0.05) is 30.3 Å². The Labute approximate surface area is 155 Å². The summed E-state index contributed by atoms with van der Waals surface area (Å²) in [6, 6.07) is 16.3. The van der Waals surface area contributed by atoms with Crippen molar-refractivity contribution in [1.82, 2.24) is 10.2 Å². The molecule has 3 rings (SSSR count). The van der Waals surface area contributed by atoms with Gasteiger partial charge in [-0.2, -0.15) is 0 Å². The lowest BCUT2D eigenvalue weighted by Gasteiger charge is -2.22. The fourth-order valence-electron chi connectivity index (χ4n) is 3.29.